The Morgan fingerprint density at radius 1 is 1.26 bits per heavy atom. The van der Waals surface area contributed by atoms with E-state index >= 15 is 0 Å². The predicted molar refractivity (Wildman–Crippen MR) is 72.2 cm³/mol. The standard InChI is InChI=1S/C14H22N2O3/c1-4-11(5-6-12(17)15-10(2)3)9-16-13(18)7-8-14(16)19/h7-8,10-11H,4-6,9H2,1-3H3,(H,15,17)/t11-/m1/s1. The first kappa shape index (κ1) is 15.4. The van der Waals surface area contributed by atoms with Crippen LogP contribution < -0.4 is 5.32 Å². The van der Waals surface area contributed by atoms with E-state index in [4.69, 9.17) is 0 Å². The monoisotopic (exact) mass is 266 g/mol. The van der Waals surface area contributed by atoms with Crippen molar-refractivity contribution in [2.45, 2.75) is 46.1 Å². The van der Waals surface area contributed by atoms with E-state index in [2.05, 4.69) is 5.32 Å². The summed E-state index contributed by atoms with van der Waals surface area (Å²) in [5, 5.41) is 2.83. The van der Waals surface area contributed by atoms with E-state index in [-0.39, 0.29) is 29.7 Å². The van der Waals surface area contributed by atoms with E-state index in [1.165, 1.54) is 17.1 Å². The molecule has 0 spiro atoms. The average Bonchev–Trinajstić information content (AvgIpc) is 2.64. The van der Waals surface area contributed by atoms with Gasteiger partial charge < -0.3 is 5.32 Å². The van der Waals surface area contributed by atoms with E-state index < -0.39 is 0 Å². The van der Waals surface area contributed by atoms with Crippen LogP contribution in [0.3, 0.4) is 0 Å². The highest BCUT2D eigenvalue weighted by molar-refractivity contribution is 6.12. The molecule has 1 aliphatic rings. The van der Waals surface area contributed by atoms with Gasteiger partial charge in [-0.25, -0.2) is 0 Å². The minimum absolute atomic E-state index is 0.0191. The normalized spacial score (nSPS) is 16.3. The van der Waals surface area contributed by atoms with Gasteiger partial charge in [0.1, 0.15) is 0 Å². The van der Waals surface area contributed by atoms with Crippen molar-refractivity contribution < 1.29 is 14.4 Å². The van der Waals surface area contributed by atoms with Crippen LogP contribution in [0.15, 0.2) is 12.2 Å². The van der Waals surface area contributed by atoms with Gasteiger partial charge in [0.05, 0.1) is 0 Å². The maximum Gasteiger partial charge on any atom is 0.253 e. The Balaban J connectivity index is 2.40. The largest absolute Gasteiger partial charge is 0.354 e. The smallest absolute Gasteiger partial charge is 0.253 e. The average molecular weight is 266 g/mol. The van der Waals surface area contributed by atoms with E-state index in [0.29, 0.717) is 19.4 Å². The maximum absolute atomic E-state index is 11.6. The third kappa shape index (κ3) is 4.85. The fraction of sp³-hybridized carbons (Fsp3) is 0.643. The molecule has 0 radical (unpaired) electrons. The molecule has 0 unspecified atom stereocenters. The van der Waals surface area contributed by atoms with Gasteiger partial charge in [-0.1, -0.05) is 13.3 Å². The lowest BCUT2D eigenvalue weighted by Crippen LogP contribution is -2.35. The van der Waals surface area contributed by atoms with Crippen molar-refractivity contribution in [1.29, 1.82) is 0 Å². The Morgan fingerprint density at radius 3 is 2.32 bits per heavy atom. The Hall–Kier alpha value is -1.65. The first-order valence-electron chi connectivity index (χ1n) is 6.77. The van der Waals surface area contributed by atoms with Crippen LogP contribution in [0.2, 0.25) is 0 Å². The van der Waals surface area contributed by atoms with Crippen LogP contribution in [0.1, 0.15) is 40.0 Å². The zero-order valence-corrected chi connectivity index (χ0v) is 11.8. The number of rotatable bonds is 7. The molecule has 106 valence electrons. The second-order valence-electron chi connectivity index (χ2n) is 5.16. The lowest BCUT2D eigenvalue weighted by molar-refractivity contribution is -0.137. The molecule has 5 nitrogen and oxygen atoms in total. The van der Waals surface area contributed by atoms with Gasteiger partial charge in [0.2, 0.25) is 5.91 Å². The third-order valence-corrected chi connectivity index (χ3v) is 3.15. The number of carbonyl (C=O) groups is 3. The molecular weight excluding hydrogens is 244 g/mol. The summed E-state index contributed by atoms with van der Waals surface area (Å²) < 4.78 is 0. The lowest BCUT2D eigenvalue weighted by Gasteiger charge is -2.21. The molecular formula is C14H22N2O3. The fourth-order valence-corrected chi connectivity index (χ4v) is 2.02. The van der Waals surface area contributed by atoms with E-state index in [0.717, 1.165) is 6.42 Å². The molecule has 0 bridgehead atoms. The fourth-order valence-electron chi connectivity index (χ4n) is 2.02. The van der Waals surface area contributed by atoms with Crippen LogP contribution >= 0.6 is 0 Å². The summed E-state index contributed by atoms with van der Waals surface area (Å²) in [4.78, 5) is 35.7. The topological polar surface area (TPSA) is 66.5 Å². The molecule has 1 atom stereocenters. The molecule has 0 saturated heterocycles. The Bertz CT molecular complexity index is 370. The van der Waals surface area contributed by atoms with Gasteiger partial charge in [0.25, 0.3) is 11.8 Å². The van der Waals surface area contributed by atoms with Gasteiger partial charge in [-0.2, -0.15) is 0 Å². The Labute approximate surface area is 114 Å². The zero-order valence-electron chi connectivity index (χ0n) is 11.8. The first-order valence-corrected chi connectivity index (χ1v) is 6.77. The van der Waals surface area contributed by atoms with E-state index in [1.54, 1.807) is 0 Å². The quantitative estimate of drug-likeness (QED) is 0.705. The number of nitrogens with one attached hydrogen (secondary N) is 1. The van der Waals surface area contributed by atoms with Crippen molar-refractivity contribution in [3.8, 4) is 0 Å². The SMILES string of the molecule is CC[C@H](CCC(=O)NC(C)C)CN1C(=O)C=CC1=O. The van der Waals surface area contributed by atoms with Gasteiger partial charge in [-0.15, -0.1) is 0 Å². The van der Waals surface area contributed by atoms with Crippen LogP contribution in [-0.2, 0) is 14.4 Å². The molecule has 1 rings (SSSR count). The molecule has 0 aromatic rings. The molecule has 3 amide bonds. The summed E-state index contributed by atoms with van der Waals surface area (Å²) in [6, 6.07) is 0.138. The number of amides is 3. The molecule has 5 heteroatoms. The lowest BCUT2D eigenvalue weighted by atomic mass is 9.99. The van der Waals surface area contributed by atoms with Crippen molar-refractivity contribution in [2.75, 3.05) is 6.54 Å². The molecule has 0 aromatic carbocycles. The van der Waals surface area contributed by atoms with Gasteiger partial charge in [0, 0.05) is 31.2 Å². The Kier molecular flexibility index (Phi) is 5.73. The second kappa shape index (κ2) is 7.07. The summed E-state index contributed by atoms with van der Waals surface area (Å²) >= 11 is 0. The number of hydrogen-bond acceptors (Lipinski definition) is 3. The zero-order chi connectivity index (χ0) is 14.4. The van der Waals surface area contributed by atoms with Crippen LogP contribution in [0.5, 0.6) is 0 Å². The highest BCUT2D eigenvalue weighted by Gasteiger charge is 2.25. The summed E-state index contributed by atoms with van der Waals surface area (Å²) in [6.45, 7) is 6.24. The highest BCUT2D eigenvalue weighted by Crippen LogP contribution is 2.16. The minimum Gasteiger partial charge on any atom is -0.354 e. The predicted octanol–water partition coefficient (Wildman–Crippen LogP) is 1.24. The van der Waals surface area contributed by atoms with Crippen molar-refractivity contribution in [2.24, 2.45) is 5.92 Å². The van der Waals surface area contributed by atoms with E-state index in [9.17, 15) is 14.4 Å². The molecule has 0 saturated carbocycles. The van der Waals surface area contributed by atoms with Crippen molar-refractivity contribution in [3.63, 3.8) is 0 Å². The molecule has 1 aliphatic heterocycles. The van der Waals surface area contributed by atoms with Gasteiger partial charge in [0.15, 0.2) is 0 Å². The first-order chi connectivity index (χ1) is 8.93. The van der Waals surface area contributed by atoms with Gasteiger partial charge >= 0.3 is 0 Å². The van der Waals surface area contributed by atoms with Crippen LogP contribution in [-0.4, -0.2) is 35.2 Å². The summed E-state index contributed by atoms with van der Waals surface area (Å²) in [5.74, 6) is -0.318. The maximum atomic E-state index is 11.6. The molecule has 1 heterocycles. The molecule has 1 N–H and O–H groups in total. The number of nitrogens with zero attached hydrogens (tertiary/aromatic N) is 1. The van der Waals surface area contributed by atoms with Gasteiger partial charge in [-0.3, -0.25) is 19.3 Å². The molecule has 0 aliphatic carbocycles. The van der Waals surface area contributed by atoms with Gasteiger partial charge in [-0.05, 0) is 26.2 Å². The van der Waals surface area contributed by atoms with Crippen LogP contribution in [0, 0.1) is 5.92 Å². The minimum atomic E-state index is -0.255. The van der Waals surface area contributed by atoms with Crippen molar-refractivity contribution >= 4 is 17.7 Å². The van der Waals surface area contributed by atoms with E-state index in [1.807, 2.05) is 20.8 Å². The molecule has 0 aromatic heterocycles. The highest BCUT2D eigenvalue weighted by atomic mass is 16.2. The number of hydrogen-bond donors (Lipinski definition) is 1. The molecule has 0 fully saturated rings. The molecule has 19 heavy (non-hydrogen) atoms. The second-order valence-corrected chi connectivity index (χ2v) is 5.16. The Morgan fingerprint density at radius 2 is 1.84 bits per heavy atom. The number of imide groups is 1. The third-order valence-electron chi connectivity index (χ3n) is 3.15. The van der Waals surface area contributed by atoms with Crippen molar-refractivity contribution in [3.05, 3.63) is 12.2 Å². The van der Waals surface area contributed by atoms with Crippen LogP contribution in [0.4, 0.5) is 0 Å². The van der Waals surface area contributed by atoms with Crippen LogP contribution in [0.25, 0.3) is 0 Å². The van der Waals surface area contributed by atoms with Crippen molar-refractivity contribution in [1.82, 2.24) is 10.2 Å². The number of carbonyl (C=O) groups excluding carboxylic acids is 3. The summed E-state index contributed by atoms with van der Waals surface area (Å²) in [5.41, 5.74) is 0. The summed E-state index contributed by atoms with van der Waals surface area (Å²) in [6.07, 6.45) is 4.54. The summed E-state index contributed by atoms with van der Waals surface area (Å²) in [7, 11) is 0.